The lowest BCUT2D eigenvalue weighted by atomic mass is 9.84. The van der Waals surface area contributed by atoms with Crippen molar-refractivity contribution >= 4 is 40.7 Å². The number of carbonyl (C=O) groups excluding carboxylic acids is 1. The molecular formula is C27H21Cl2NO2S. The average molecular weight is 494 g/mol. The van der Waals surface area contributed by atoms with Crippen LogP contribution in [0.15, 0.2) is 90.0 Å². The molecule has 0 fully saturated rings. The molecule has 0 spiro atoms. The molecule has 6 heteroatoms. The first-order valence-corrected chi connectivity index (χ1v) is 12.4. The van der Waals surface area contributed by atoms with E-state index in [9.17, 15) is 4.79 Å². The van der Waals surface area contributed by atoms with Crippen LogP contribution >= 0.6 is 35.0 Å². The Labute approximate surface area is 207 Å². The van der Waals surface area contributed by atoms with E-state index in [0.29, 0.717) is 33.7 Å². The highest BCUT2D eigenvalue weighted by atomic mass is 35.5. The fraction of sp³-hybridized carbons (Fsp3) is 0.148. The van der Waals surface area contributed by atoms with Crippen molar-refractivity contribution in [1.82, 2.24) is 4.57 Å². The fourth-order valence-electron chi connectivity index (χ4n) is 4.23. The number of Topliss-reactive ketones (excluding diaryl/α,β-unsaturated/α-hetero) is 1. The van der Waals surface area contributed by atoms with Crippen LogP contribution in [-0.4, -0.2) is 10.4 Å². The van der Waals surface area contributed by atoms with Crippen LogP contribution in [-0.2, 0) is 11.4 Å². The van der Waals surface area contributed by atoms with E-state index in [1.807, 2.05) is 96.6 Å². The van der Waals surface area contributed by atoms with Gasteiger partial charge in [-0.1, -0.05) is 72.6 Å². The van der Waals surface area contributed by atoms with Crippen LogP contribution in [0, 0.1) is 0 Å². The fourth-order valence-corrected chi connectivity index (χ4v) is 5.87. The maximum atomic E-state index is 13.8. The molecule has 3 nitrogen and oxygen atoms in total. The van der Waals surface area contributed by atoms with Crippen LogP contribution in [0.2, 0.25) is 10.0 Å². The minimum Gasteiger partial charge on any atom is -0.472 e. The van der Waals surface area contributed by atoms with Crippen molar-refractivity contribution in [1.29, 1.82) is 0 Å². The number of hydrogen-bond donors (Lipinski definition) is 0. The highest BCUT2D eigenvalue weighted by Gasteiger charge is 2.45. The van der Waals surface area contributed by atoms with Gasteiger partial charge in [0.05, 0.1) is 21.4 Å². The van der Waals surface area contributed by atoms with E-state index in [4.69, 9.17) is 27.9 Å². The molecule has 0 radical (unpaired) electrons. The highest BCUT2D eigenvalue weighted by molar-refractivity contribution is 7.98. The number of nitrogens with zero attached hydrogens (tertiary/aromatic N) is 1. The molecule has 0 saturated heterocycles. The molecule has 3 aromatic carbocycles. The van der Waals surface area contributed by atoms with Gasteiger partial charge in [-0.05, 0) is 48.4 Å². The van der Waals surface area contributed by atoms with Gasteiger partial charge in [0, 0.05) is 22.4 Å². The average Bonchev–Trinajstić information content (AvgIpc) is 3.29. The number of halogens is 2. The van der Waals surface area contributed by atoms with Crippen molar-refractivity contribution in [2.24, 2.45) is 0 Å². The lowest BCUT2D eigenvalue weighted by molar-refractivity contribution is 0.0424. The molecule has 2 heterocycles. The number of benzene rings is 3. The molecule has 0 unspecified atom stereocenters. The standard InChI is InChI=1S/C27H21Cl2NO2S/c1-2-27(26(31)23-10-6-16-30(23)22-9-3-4-11-24(22)32-27)19-14-12-18(13-15-19)17-33-25-20(28)7-5-8-21(25)29/h3-16H,2,17H2,1H3/t27-/m1/s1. The number of ketones is 1. The van der Waals surface area contributed by atoms with Crippen LogP contribution in [0.3, 0.4) is 0 Å². The minimum atomic E-state index is -1.10. The van der Waals surface area contributed by atoms with Crippen LogP contribution in [0.1, 0.15) is 35.0 Å². The summed E-state index contributed by atoms with van der Waals surface area (Å²) >= 11 is 14.2. The van der Waals surface area contributed by atoms with Crippen molar-refractivity contribution in [2.75, 3.05) is 0 Å². The maximum absolute atomic E-state index is 13.8. The molecular weight excluding hydrogens is 473 g/mol. The third-order valence-electron chi connectivity index (χ3n) is 5.98. The van der Waals surface area contributed by atoms with Crippen LogP contribution < -0.4 is 4.74 Å². The van der Waals surface area contributed by atoms with Crippen LogP contribution in [0.5, 0.6) is 5.75 Å². The van der Waals surface area contributed by atoms with E-state index in [0.717, 1.165) is 21.7 Å². The van der Waals surface area contributed by atoms with Gasteiger partial charge in [-0.15, -0.1) is 11.8 Å². The second-order valence-electron chi connectivity index (χ2n) is 7.88. The van der Waals surface area contributed by atoms with Gasteiger partial charge in [0.15, 0.2) is 5.60 Å². The van der Waals surface area contributed by atoms with Gasteiger partial charge in [0.1, 0.15) is 5.75 Å². The Bertz CT molecular complexity index is 1310. The first kappa shape index (κ1) is 22.1. The van der Waals surface area contributed by atoms with Gasteiger partial charge in [-0.2, -0.15) is 0 Å². The summed E-state index contributed by atoms with van der Waals surface area (Å²) in [6, 6.07) is 25.1. The molecule has 166 valence electrons. The van der Waals surface area contributed by atoms with Gasteiger partial charge in [0.25, 0.3) is 0 Å². The van der Waals surface area contributed by atoms with Gasteiger partial charge in [-0.3, -0.25) is 4.79 Å². The van der Waals surface area contributed by atoms with Crippen molar-refractivity contribution in [3.05, 3.63) is 112 Å². The summed E-state index contributed by atoms with van der Waals surface area (Å²) in [5, 5.41) is 1.29. The second kappa shape index (κ2) is 8.94. The van der Waals surface area contributed by atoms with Gasteiger partial charge < -0.3 is 9.30 Å². The quantitative estimate of drug-likeness (QED) is 0.264. The minimum absolute atomic E-state index is 0.0452. The molecule has 1 aliphatic rings. The summed E-state index contributed by atoms with van der Waals surface area (Å²) < 4.78 is 8.43. The number of aromatic nitrogens is 1. The summed E-state index contributed by atoms with van der Waals surface area (Å²) in [6.07, 6.45) is 2.41. The zero-order valence-corrected chi connectivity index (χ0v) is 20.3. The predicted octanol–water partition coefficient (Wildman–Crippen LogP) is 7.96. The van der Waals surface area contributed by atoms with Crippen LogP contribution in [0.4, 0.5) is 0 Å². The van der Waals surface area contributed by atoms with E-state index >= 15 is 0 Å². The Kier molecular flexibility index (Phi) is 6.00. The summed E-state index contributed by atoms with van der Waals surface area (Å²) in [4.78, 5) is 14.7. The van der Waals surface area contributed by atoms with E-state index in [1.54, 1.807) is 11.8 Å². The number of hydrogen-bond acceptors (Lipinski definition) is 3. The molecule has 0 saturated carbocycles. The monoisotopic (exact) mass is 493 g/mol. The molecule has 33 heavy (non-hydrogen) atoms. The number of para-hydroxylation sites is 2. The molecule has 4 aromatic rings. The van der Waals surface area contributed by atoms with Gasteiger partial charge in [0.2, 0.25) is 5.78 Å². The first-order chi connectivity index (χ1) is 16.0. The second-order valence-corrected chi connectivity index (χ2v) is 9.68. The molecule has 0 aliphatic carbocycles. The van der Waals surface area contributed by atoms with E-state index < -0.39 is 5.60 Å². The number of rotatable bonds is 5. The molecule has 0 N–H and O–H groups in total. The molecule has 5 rings (SSSR count). The van der Waals surface area contributed by atoms with E-state index in [-0.39, 0.29) is 5.78 Å². The molecule has 1 atom stereocenters. The highest BCUT2D eigenvalue weighted by Crippen LogP contribution is 2.41. The third-order valence-corrected chi connectivity index (χ3v) is 8.04. The number of fused-ring (bicyclic) bond motifs is 3. The molecule has 0 amide bonds. The van der Waals surface area contributed by atoms with Gasteiger partial charge >= 0.3 is 0 Å². The zero-order valence-electron chi connectivity index (χ0n) is 17.9. The number of thioether (sulfide) groups is 1. The lowest BCUT2D eigenvalue weighted by Crippen LogP contribution is -2.41. The molecule has 0 bridgehead atoms. The normalized spacial score (nSPS) is 17.1. The van der Waals surface area contributed by atoms with Gasteiger partial charge in [-0.25, -0.2) is 0 Å². The summed E-state index contributed by atoms with van der Waals surface area (Å²) in [6.45, 7) is 1.99. The summed E-state index contributed by atoms with van der Waals surface area (Å²) in [7, 11) is 0. The predicted molar refractivity (Wildman–Crippen MR) is 135 cm³/mol. The van der Waals surface area contributed by atoms with E-state index in [2.05, 4.69) is 0 Å². The van der Waals surface area contributed by atoms with Crippen LogP contribution in [0.25, 0.3) is 5.69 Å². The largest absolute Gasteiger partial charge is 0.472 e. The SMILES string of the molecule is CC[C@]1(c2ccc(CSc3c(Cl)cccc3Cl)cc2)Oc2ccccc2-n2cccc2C1=O. The number of ether oxygens (including phenoxy) is 1. The van der Waals surface area contributed by atoms with Crippen molar-refractivity contribution < 1.29 is 9.53 Å². The Morgan fingerprint density at radius 2 is 1.64 bits per heavy atom. The van der Waals surface area contributed by atoms with Crippen molar-refractivity contribution in [2.45, 2.75) is 29.6 Å². The Balaban J connectivity index is 1.48. The smallest absolute Gasteiger partial charge is 0.227 e. The Morgan fingerprint density at radius 1 is 0.909 bits per heavy atom. The maximum Gasteiger partial charge on any atom is 0.227 e. The van der Waals surface area contributed by atoms with E-state index in [1.165, 1.54) is 0 Å². The lowest BCUT2D eigenvalue weighted by Gasteiger charge is -2.31. The Morgan fingerprint density at radius 3 is 2.36 bits per heavy atom. The Hall–Kier alpha value is -2.66. The van der Waals surface area contributed by atoms with Crippen molar-refractivity contribution in [3.8, 4) is 11.4 Å². The first-order valence-electron chi connectivity index (χ1n) is 10.7. The van der Waals surface area contributed by atoms with Crippen molar-refractivity contribution in [3.63, 3.8) is 0 Å². The zero-order chi connectivity index (χ0) is 23.0. The summed E-state index contributed by atoms with van der Waals surface area (Å²) in [5.41, 5.74) is 2.33. The topological polar surface area (TPSA) is 31.2 Å². The molecule has 1 aliphatic heterocycles. The molecule has 1 aromatic heterocycles. The third kappa shape index (κ3) is 3.86. The number of carbonyl (C=O) groups is 1. The summed E-state index contributed by atoms with van der Waals surface area (Å²) in [5.74, 6) is 1.36.